The summed E-state index contributed by atoms with van der Waals surface area (Å²) in [5.41, 5.74) is 8.66. The van der Waals surface area contributed by atoms with Gasteiger partial charge in [0, 0.05) is 66.4 Å². The van der Waals surface area contributed by atoms with E-state index in [0.717, 1.165) is 70.4 Å². The van der Waals surface area contributed by atoms with Crippen LogP contribution >= 0.6 is 0 Å². The van der Waals surface area contributed by atoms with E-state index in [2.05, 4.69) is 89.0 Å². The largest absolute Gasteiger partial charge is 0.512 e. The van der Waals surface area contributed by atoms with Crippen molar-refractivity contribution in [3.8, 4) is 22.6 Å². The van der Waals surface area contributed by atoms with Crippen molar-refractivity contribution in [3.05, 3.63) is 88.8 Å². The van der Waals surface area contributed by atoms with Crippen LogP contribution in [0.5, 0.6) is 0 Å². The molecule has 4 rings (SSSR count). The molecule has 44 heavy (non-hydrogen) atoms. The summed E-state index contributed by atoms with van der Waals surface area (Å²) in [6.07, 6.45) is 6.77. The number of aliphatic hydroxyl groups is 1. The number of ketones is 1. The van der Waals surface area contributed by atoms with Crippen LogP contribution in [0.2, 0.25) is 0 Å². The number of carbonyl (C=O) groups is 1. The fourth-order valence-electron chi connectivity index (χ4n) is 5.54. The number of benzene rings is 2. The molecule has 239 valence electrons. The van der Waals surface area contributed by atoms with Crippen LogP contribution in [0.25, 0.3) is 33.6 Å². The molecule has 0 saturated heterocycles. The molecule has 1 N–H and O–H groups in total. The quantitative estimate of drug-likeness (QED) is 0.105. The van der Waals surface area contributed by atoms with E-state index in [9.17, 15) is 9.90 Å². The second-order valence-electron chi connectivity index (χ2n) is 12.7. The molecule has 1 radical (unpaired) electrons. The minimum Gasteiger partial charge on any atom is -0.512 e. The van der Waals surface area contributed by atoms with Gasteiger partial charge in [0.25, 0.3) is 0 Å². The third-order valence-corrected chi connectivity index (χ3v) is 8.35. The predicted molar refractivity (Wildman–Crippen MR) is 180 cm³/mol. The van der Waals surface area contributed by atoms with Gasteiger partial charge in [-0.05, 0) is 49.7 Å². The number of hydrogen-bond acceptors (Lipinski definition) is 4. The third kappa shape index (κ3) is 9.02. The topological polar surface area (TPSA) is 63.3 Å². The number of hydrogen-bond donors (Lipinski definition) is 1. The first kappa shape index (κ1) is 37.2. The van der Waals surface area contributed by atoms with Crippen LogP contribution in [-0.4, -0.2) is 15.9 Å². The maximum absolute atomic E-state index is 11.7. The van der Waals surface area contributed by atoms with Gasteiger partial charge in [-0.1, -0.05) is 86.6 Å². The molecule has 0 amide bonds. The van der Waals surface area contributed by atoms with Gasteiger partial charge in [0.05, 0.1) is 5.76 Å². The van der Waals surface area contributed by atoms with Crippen molar-refractivity contribution in [3.63, 3.8) is 0 Å². The van der Waals surface area contributed by atoms with Gasteiger partial charge >= 0.3 is 0 Å². The standard InChI is InChI=1S/C26H26NO.C13H24O2.Ir/c1-16-13-17(2)15-20(14-16)23-25-22(11-12-27-23)18(3)24(28-25)19-7-9-21(10-8-19)26(4,5)6;1-5-10(6-2)12(14)9-13(15)11(7-3)8-4;/h7-14H,1-6H3;9-11,14H,5-8H2,1-4H3;/q-1;;/b;12-9-;. The van der Waals surface area contributed by atoms with Crippen LogP contribution in [0.3, 0.4) is 0 Å². The normalized spacial score (nSPS) is 11.9. The Kier molecular flexibility index (Phi) is 13.8. The smallest absolute Gasteiger partial charge is 0.162 e. The Morgan fingerprint density at radius 1 is 0.932 bits per heavy atom. The fourth-order valence-corrected chi connectivity index (χ4v) is 5.54. The van der Waals surface area contributed by atoms with Gasteiger partial charge in [0.2, 0.25) is 0 Å². The molecule has 0 aliphatic carbocycles. The zero-order valence-electron chi connectivity index (χ0n) is 28.2. The average molecular weight is 773 g/mol. The Bertz CT molecular complexity index is 1530. The van der Waals surface area contributed by atoms with Crippen molar-refractivity contribution in [2.24, 2.45) is 11.8 Å². The molecule has 0 unspecified atom stereocenters. The number of aromatic nitrogens is 1. The van der Waals surface area contributed by atoms with Crippen molar-refractivity contribution < 1.29 is 34.4 Å². The Morgan fingerprint density at radius 2 is 1.52 bits per heavy atom. The maximum atomic E-state index is 11.7. The second kappa shape index (κ2) is 16.3. The molecule has 4 aromatic rings. The number of pyridine rings is 1. The summed E-state index contributed by atoms with van der Waals surface area (Å²) in [6, 6.07) is 18.4. The van der Waals surface area contributed by atoms with E-state index in [-0.39, 0.29) is 48.9 Å². The van der Waals surface area contributed by atoms with Crippen molar-refractivity contribution in [2.45, 2.75) is 100 Å². The monoisotopic (exact) mass is 773 g/mol. The Balaban J connectivity index is 0.000000363. The summed E-state index contributed by atoms with van der Waals surface area (Å²) in [4.78, 5) is 16.3. The Morgan fingerprint density at radius 3 is 2.05 bits per heavy atom. The number of rotatable bonds is 9. The first-order valence-corrected chi connectivity index (χ1v) is 15.8. The maximum Gasteiger partial charge on any atom is 0.162 e. The molecule has 0 fully saturated rings. The van der Waals surface area contributed by atoms with Crippen molar-refractivity contribution in [1.29, 1.82) is 0 Å². The first-order valence-electron chi connectivity index (χ1n) is 15.8. The minimum absolute atomic E-state index is 0. The molecule has 5 heteroatoms. The van der Waals surface area contributed by atoms with Gasteiger partial charge in [-0.3, -0.25) is 4.79 Å². The first-order chi connectivity index (χ1) is 20.3. The van der Waals surface area contributed by atoms with E-state index < -0.39 is 0 Å². The van der Waals surface area contributed by atoms with Gasteiger partial charge in [0.1, 0.15) is 11.3 Å². The number of furan rings is 1. The number of aryl methyl sites for hydroxylation is 3. The summed E-state index contributed by atoms with van der Waals surface area (Å²) in [7, 11) is 0. The zero-order valence-corrected chi connectivity index (χ0v) is 30.6. The molecule has 0 spiro atoms. The summed E-state index contributed by atoms with van der Waals surface area (Å²) >= 11 is 0. The van der Waals surface area contributed by atoms with E-state index in [4.69, 9.17) is 4.42 Å². The van der Waals surface area contributed by atoms with Crippen LogP contribution in [0, 0.1) is 38.7 Å². The molecule has 4 nitrogen and oxygen atoms in total. The summed E-state index contributed by atoms with van der Waals surface area (Å²) in [5, 5.41) is 10.9. The predicted octanol–water partition coefficient (Wildman–Crippen LogP) is 11.1. The molecular weight excluding hydrogens is 723 g/mol. The van der Waals surface area contributed by atoms with Crippen LogP contribution in [0.1, 0.15) is 96.4 Å². The van der Waals surface area contributed by atoms with Gasteiger partial charge in [-0.15, -0.1) is 34.9 Å². The van der Waals surface area contributed by atoms with Crippen LogP contribution in [0.15, 0.2) is 64.9 Å². The van der Waals surface area contributed by atoms with Gasteiger partial charge in [-0.25, -0.2) is 0 Å². The summed E-state index contributed by atoms with van der Waals surface area (Å²) in [6.45, 7) is 21.0. The SMILES string of the molecule is CCC(CC)C(=O)/C=C(\O)C(CC)CC.Cc1[c-]c(-c2nccc3c(C)c(-c4ccc(C(C)(C)C)cc4)oc23)cc(C)c1.[Ir]. The van der Waals surface area contributed by atoms with Crippen molar-refractivity contribution >= 4 is 16.8 Å². The molecule has 2 aromatic carbocycles. The van der Waals surface area contributed by atoms with Crippen LogP contribution in [0.4, 0.5) is 0 Å². The number of nitrogens with zero attached hydrogens (tertiary/aromatic N) is 1. The Labute approximate surface area is 278 Å². The second-order valence-corrected chi connectivity index (χ2v) is 12.7. The number of aliphatic hydroxyl groups excluding tert-OH is 1. The average Bonchev–Trinajstić information content (AvgIpc) is 3.30. The van der Waals surface area contributed by atoms with E-state index in [0.29, 0.717) is 0 Å². The molecule has 2 aromatic heterocycles. The van der Waals surface area contributed by atoms with E-state index in [1.165, 1.54) is 17.2 Å². The van der Waals surface area contributed by atoms with Gasteiger partial charge in [0.15, 0.2) is 5.78 Å². The van der Waals surface area contributed by atoms with Gasteiger partial charge < -0.3 is 14.5 Å². The summed E-state index contributed by atoms with van der Waals surface area (Å²) < 4.78 is 6.39. The van der Waals surface area contributed by atoms with Crippen molar-refractivity contribution in [1.82, 2.24) is 4.98 Å². The van der Waals surface area contributed by atoms with E-state index >= 15 is 0 Å². The van der Waals surface area contributed by atoms with Gasteiger partial charge in [-0.2, -0.15) is 0 Å². The zero-order chi connectivity index (χ0) is 31.9. The molecular formula is C39H50IrNO3-. The molecule has 0 atom stereocenters. The van der Waals surface area contributed by atoms with Crippen LogP contribution < -0.4 is 0 Å². The molecule has 2 heterocycles. The molecule has 0 saturated carbocycles. The van der Waals surface area contributed by atoms with Crippen molar-refractivity contribution in [2.75, 3.05) is 0 Å². The fraction of sp³-hybridized carbons (Fsp3) is 0.436. The molecule has 0 bridgehead atoms. The molecule has 0 aliphatic heterocycles. The van der Waals surface area contributed by atoms with Crippen LogP contribution in [-0.2, 0) is 30.3 Å². The summed E-state index contributed by atoms with van der Waals surface area (Å²) in [5.74, 6) is 1.46. The third-order valence-electron chi connectivity index (χ3n) is 8.35. The van der Waals surface area contributed by atoms with E-state index in [1.807, 2.05) is 40.0 Å². The van der Waals surface area contributed by atoms with E-state index in [1.54, 1.807) is 0 Å². The minimum atomic E-state index is 0. The number of allylic oxidation sites excluding steroid dienone is 2. The number of fused-ring (bicyclic) bond motifs is 1. The Hall–Kier alpha value is -3.01. The molecule has 0 aliphatic rings. The number of carbonyl (C=O) groups excluding carboxylic acids is 1.